The maximum Gasteiger partial charge on any atom is 0.339 e. The van der Waals surface area contributed by atoms with E-state index in [9.17, 15) is 14.4 Å². The number of nitrogens with zero attached hydrogens (tertiary/aromatic N) is 2. The summed E-state index contributed by atoms with van der Waals surface area (Å²) in [6.07, 6.45) is 1.49. The van der Waals surface area contributed by atoms with E-state index in [1.165, 1.54) is 11.1 Å². The number of aromatic nitrogens is 1. The molecule has 1 aromatic rings. The fourth-order valence-electron chi connectivity index (χ4n) is 2.25. The molecule has 1 aliphatic heterocycles. The number of carbonyl (C=O) groups excluding carboxylic acids is 3. The number of anilines is 1. The first-order valence-electron chi connectivity index (χ1n) is 6.67. The smallest absolute Gasteiger partial charge is 0.339 e. The molecule has 2 amide bonds. The molecule has 112 valence electrons. The Labute approximate surface area is 122 Å². The van der Waals surface area contributed by atoms with Gasteiger partial charge in [0.1, 0.15) is 0 Å². The van der Waals surface area contributed by atoms with Crippen LogP contribution >= 0.6 is 0 Å². The summed E-state index contributed by atoms with van der Waals surface area (Å²) in [6, 6.07) is 1.56. The SMILES string of the molecule is CCOC(=O)c1cnc(C)c(N2CC(C(N)=O)CC2=O)c1. The number of esters is 1. The number of hydrogen-bond acceptors (Lipinski definition) is 5. The topological polar surface area (TPSA) is 103 Å². The molecule has 2 heterocycles. The van der Waals surface area contributed by atoms with Crippen molar-refractivity contribution in [1.82, 2.24) is 4.98 Å². The van der Waals surface area contributed by atoms with Crippen LogP contribution in [0.2, 0.25) is 0 Å². The minimum absolute atomic E-state index is 0.0818. The van der Waals surface area contributed by atoms with Gasteiger partial charge in [0.2, 0.25) is 11.8 Å². The minimum Gasteiger partial charge on any atom is -0.462 e. The van der Waals surface area contributed by atoms with Gasteiger partial charge in [0.15, 0.2) is 0 Å². The van der Waals surface area contributed by atoms with Crippen LogP contribution in [0.5, 0.6) is 0 Å². The lowest BCUT2D eigenvalue weighted by Crippen LogP contribution is -2.29. The molecule has 0 aliphatic carbocycles. The van der Waals surface area contributed by atoms with Gasteiger partial charge in [0, 0.05) is 19.2 Å². The Bertz CT molecular complexity index is 600. The summed E-state index contributed by atoms with van der Waals surface area (Å²) in [6.45, 7) is 3.91. The first-order chi connectivity index (χ1) is 9.93. The van der Waals surface area contributed by atoms with Crippen molar-refractivity contribution in [2.75, 3.05) is 18.1 Å². The van der Waals surface area contributed by atoms with Gasteiger partial charge >= 0.3 is 5.97 Å². The van der Waals surface area contributed by atoms with Crippen LogP contribution in [-0.2, 0) is 14.3 Å². The van der Waals surface area contributed by atoms with E-state index in [-0.39, 0.29) is 31.0 Å². The zero-order valence-electron chi connectivity index (χ0n) is 12.0. The highest BCUT2D eigenvalue weighted by Gasteiger charge is 2.35. The third-order valence-corrected chi connectivity index (χ3v) is 3.39. The van der Waals surface area contributed by atoms with Crippen LogP contribution in [0.1, 0.15) is 29.4 Å². The number of hydrogen-bond donors (Lipinski definition) is 1. The van der Waals surface area contributed by atoms with E-state index in [0.29, 0.717) is 11.4 Å². The van der Waals surface area contributed by atoms with E-state index in [0.717, 1.165) is 0 Å². The summed E-state index contributed by atoms with van der Waals surface area (Å²) in [4.78, 5) is 40.5. The number of aryl methyl sites for hydroxylation is 1. The number of primary amides is 1. The monoisotopic (exact) mass is 291 g/mol. The molecular formula is C14H17N3O4. The average molecular weight is 291 g/mol. The highest BCUT2D eigenvalue weighted by atomic mass is 16.5. The summed E-state index contributed by atoms with van der Waals surface area (Å²) < 4.78 is 4.92. The van der Waals surface area contributed by atoms with Crippen molar-refractivity contribution in [2.24, 2.45) is 11.7 Å². The largest absolute Gasteiger partial charge is 0.462 e. The molecule has 0 aromatic carbocycles. The van der Waals surface area contributed by atoms with E-state index >= 15 is 0 Å². The van der Waals surface area contributed by atoms with Gasteiger partial charge in [-0.2, -0.15) is 0 Å². The molecular weight excluding hydrogens is 274 g/mol. The van der Waals surface area contributed by atoms with Gasteiger partial charge < -0.3 is 15.4 Å². The van der Waals surface area contributed by atoms with Gasteiger partial charge in [-0.3, -0.25) is 14.6 Å². The van der Waals surface area contributed by atoms with Crippen molar-refractivity contribution in [3.63, 3.8) is 0 Å². The van der Waals surface area contributed by atoms with Crippen molar-refractivity contribution in [1.29, 1.82) is 0 Å². The second-order valence-corrected chi connectivity index (χ2v) is 4.86. The van der Waals surface area contributed by atoms with Gasteiger partial charge in [0.05, 0.1) is 29.5 Å². The summed E-state index contributed by atoms with van der Waals surface area (Å²) in [5, 5.41) is 0. The van der Waals surface area contributed by atoms with Crippen LogP contribution in [0.3, 0.4) is 0 Å². The van der Waals surface area contributed by atoms with Crippen molar-refractivity contribution < 1.29 is 19.1 Å². The molecule has 7 heteroatoms. The van der Waals surface area contributed by atoms with E-state index in [1.807, 2.05) is 0 Å². The van der Waals surface area contributed by atoms with E-state index in [1.54, 1.807) is 19.9 Å². The lowest BCUT2D eigenvalue weighted by Gasteiger charge is -2.18. The molecule has 1 saturated heterocycles. The van der Waals surface area contributed by atoms with Crippen molar-refractivity contribution >= 4 is 23.5 Å². The van der Waals surface area contributed by atoms with Gasteiger partial charge in [-0.25, -0.2) is 4.79 Å². The first kappa shape index (κ1) is 15.0. The number of carbonyl (C=O) groups is 3. The number of amides is 2. The second kappa shape index (κ2) is 5.90. The van der Waals surface area contributed by atoms with Gasteiger partial charge in [-0.05, 0) is 19.9 Å². The van der Waals surface area contributed by atoms with E-state index in [4.69, 9.17) is 10.5 Å². The number of rotatable bonds is 4. The molecule has 2 rings (SSSR count). The Morgan fingerprint density at radius 1 is 1.52 bits per heavy atom. The molecule has 1 fully saturated rings. The summed E-state index contributed by atoms with van der Waals surface area (Å²) in [5.41, 5.74) is 6.63. The molecule has 7 nitrogen and oxygen atoms in total. The summed E-state index contributed by atoms with van der Waals surface area (Å²) in [7, 11) is 0. The molecule has 0 spiro atoms. The van der Waals surface area contributed by atoms with Crippen LogP contribution < -0.4 is 10.6 Å². The quantitative estimate of drug-likeness (QED) is 0.809. The molecule has 0 saturated carbocycles. The summed E-state index contributed by atoms with van der Waals surface area (Å²) in [5.74, 6) is -1.71. The highest BCUT2D eigenvalue weighted by molar-refractivity contribution is 6.01. The molecule has 21 heavy (non-hydrogen) atoms. The van der Waals surface area contributed by atoms with Crippen LogP contribution in [0, 0.1) is 12.8 Å². The van der Waals surface area contributed by atoms with Gasteiger partial charge in [-0.1, -0.05) is 0 Å². The normalized spacial score (nSPS) is 17.9. The van der Waals surface area contributed by atoms with Crippen LogP contribution in [0.15, 0.2) is 12.3 Å². The van der Waals surface area contributed by atoms with Crippen molar-refractivity contribution in [3.05, 3.63) is 23.5 Å². The lowest BCUT2D eigenvalue weighted by atomic mass is 10.1. The molecule has 2 N–H and O–H groups in total. The zero-order chi connectivity index (χ0) is 15.6. The van der Waals surface area contributed by atoms with Crippen LogP contribution in [-0.4, -0.2) is 35.9 Å². The molecule has 0 radical (unpaired) electrons. The predicted molar refractivity (Wildman–Crippen MR) is 74.6 cm³/mol. The average Bonchev–Trinajstić information content (AvgIpc) is 2.82. The molecule has 1 aromatic heterocycles. The maximum absolute atomic E-state index is 12.0. The van der Waals surface area contributed by atoms with Crippen LogP contribution in [0.25, 0.3) is 0 Å². The third kappa shape index (κ3) is 3.01. The first-order valence-corrected chi connectivity index (χ1v) is 6.67. The Morgan fingerprint density at radius 2 is 2.24 bits per heavy atom. The second-order valence-electron chi connectivity index (χ2n) is 4.86. The van der Waals surface area contributed by atoms with E-state index < -0.39 is 17.8 Å². The van der Waals surface area contributed by atoms with Gasteiger partial charge in [0.25, 0.3) is 0 Å². The molecule has 0 bridgehead atoms. The van der Waals surface area contributed by atoms with Crippen LogP contribution in [0.4, 0.5) is 5.69 Å². The fraction of sp³-hybridized carbons (Fsp3) is 0.429. The van der Waals surface area contributed by atoms with Crippen molar-refractivity contribution in [2.45, 2.75) is 20.3 Å². The number of pyridine rings is 1. The Morgan fingerprint density at radius 3 is 2.81 bits per heavy atom. The fourth-order valence-corrected chi connectivity index (χ4v) is 2.25. The molecule has 1 unspecified atom stereocenters. The number of nitrogens with two attached hydrogens (primary N) is 1. The van der Waals surface area contributed by atoms with Crippen molar-refractivity contribution in [3.8, 4) is 0 Å². The maximum atomic E-state index is 12.0. The Hall–Kier alpha value is -2.44. The Balaban J connectivity index is 2.31. The minimum atomic E-state index is -0.511. The predicted octanol–water partition coefficient (Wildman–Crippen LogP) is 0.405. The Kier molecular flexibility index (Phi) is 4.21. The molecule has 1 aliphatic rings. The third-order valence-electron chi connectivity index (χ3n) is 3.39. The summed E-state index contributed by atoms with van der Waals surface area (Å²) >= 11 is 0. The van der Waals surface area contributed by atoms with Gasteiger partial charge in [-0.15, -0.1) is 0 Å². The highest BCUT2D eigenvalue weighted by Crippen LogP contribution is 2.27. The lowest BCUT2D eigenvalue weighted by molar-refractivity contribution is -0.123. The molecule has 1 atom stereocenters. The number of ether oxygens (including phenoxy) is 1. The standard InChI is InChI=1S/C14H17N3O4/c1-3-21-14(20)9-4-11(8(2)16-6-9)17-7-10(13(15)19)5-12(17)18/h4,6,10H,3,5,7H2,1-2H3,(H2,15,19). The van der Waals surface area contributed by atoms with E-state index in [2.05, 4.69) is 4.98 Å². The zero-order valence-corrected chi connectivity index (χ0v) is 12.0.